The minimum absolute atomic E-state index is 0.349. The summed E-state index contributed by atoms with van der Waals surface area (Å²) in [7, 11) is -3.19. The maximum atomic E-state index is 12.7. The molecule has 0 aliphatic heterocycles. The molecule has 4 nitrogen and oxygen atoms in total. The summed E-state index contributed by atoms with van der Waals surface area (Å²) >= 11 is 0. The fourth-order valence-electron chi connectivity index (χ4n) is 2.52. The monoisotopic (exact) mass is 354 g/mol. The van der Waals surface area contributed by atoms with Gasteiger partial charge in [0.05, 0.1) is 19.3 Å². The third-order valence-electron chi connectivity index (χ3n) is 3.73. The SMILES string of the molecule is CCCC/C(=C\P(=O)(OCC)OCC)CCC(O)c1ccccc1. The molecule has 1 N–H and O–H groups in total. The molecule has 5 heteroatoms. The Labute approximate surface area is 146 Å². The van der Waals surface area contributed by atoms with Gasteiger partial charge in [-0.05, 0) is 45.1 Å². The van der Waals surface area contributed by atoms with Crippen molar-refractivity contribution in [2.75, 3.05) is 13.2 Å². The molecule has 1 aromatic carbocycles. The van der Waals surface area contributed by atoms with Gasteiger partial charge in [0.25, 0.3) is 0 Å². The minimum Gasteiger partial charge on any atom is -0.388 e. The Morgan fingerprint density at radius 1 is 1.12 bits per heavy atom. The van der Waals surface area contributed by atoms with Gasteiger partial charge in [0, 0.05) is 5.82 Å². The molecule has 0 aliphatic rings. The van der Waals surface area contributed by atoms with E-state index in [1.54, 1.807) is 5.82 Å². The molecule has 0 amide bonds. The van der Waals surface area contributed by atoms with Crippen molar-refractivity contribution >= 4 is 7.60 Å². The third kappa shape index (κ3) is 7.76. The molecule has 0 aromatic heterocycles. The Morgan fingerprint density at radius 2 is 1.75 bits per heavy atom. The van der Waals surface area contributed by atoms with E-state index < -0.39 is 13.7 Å². The second kappa shape index (κ2) is 11.6. The second-order valence-electron chi connectivity index (χ2n) is 5.73. The summed E-state index contributed by atoms with van der Waals surface area (Å²) in [5, 5.41) is 10.3. The normalized spacial score (nSPS) is 13.9. The van der Waals surface area contributed by atoms with Gasteiger partial charge in [-0.15, -0.1) is 0 Å². The zero-order valence-corrected chi connectivity index (χ0v) is 16.0. The van der Waals surface area contributed by atoms with Crippen molar-refractivity contribution in [3.63, 3.8) is 0 Å². The molecule has 1 unspecified atom stereocenters. The lowest BCUT2D eigenvalue weighted by atomic mass is 9.99. The first-order valence-electron chi connectivity index (χ1n) is 8.87. The molecule has 1 rings (SSSR count). The van der Waals surface area contributed by atoms with Crippen molar-refractivity contribution in [1.82, 2.24) is 0 Å². The molecule has 0 fully saturated rings. The van der Waals surface area contributed by atoms with Crippen molar-refractivity contribution in [2.24, 2.45) is 0 Å². The van der Waals surface area contributed by atoms with Gasteiger partial charge in [0.15, 0.2) is 0 Å². The Balaban J connectivity index is 2.80. The Morgan fingerprint density at radius 3 is 2.29 bits per heavy atom. The number of hydrogen-bond donors (Lipinski definition) is 1. The van der Waals surface area contributed by atoms with E-state index in [9.17, 15) is 9.67 Å². The molecule has 0 bridgehead atoms. The number of allylic oxidation sites excluding steroid dienone is 1. The van der Waals surface area contributed by atoms with E-state index in [0.717, 1.165) is 30.4 Å². The fraction of sp³-hybridized carbons (Fsp3) is 0.579. The van der Waals surface area contributed by atoms with E-state index in [-0.39, 0.29) is 0 Å². The molecule has 1 aromatic rings. The summed E-state index contributed by atoms with van der Waals surface area (Å²) in [4.78, 5) is 0. The van der Waals surface area contributed by atoms with Crippen LogP contribution < -0.4 is 0 Å². The molecule has 0 aliphatic carbocycles. The predicted octanol–water partition coefficient (Wildman–Crippen LogP) is 5.84. The number of rotatable bonds is 12. The minimum atomic E-state index is -3.19. The molecule has 136 valence electrons. The van der Waals surface area contributed by atoms with Crippen molar-refractivity contribution in [1.29, 1.82) is 0 Å². The maximum Gasteiger partial charge on any atom is 0.354 e. The van der Waals surface area contributed by atoms with Crippen LogP contribution in [0.3, 0.4) is 0 Å². The van der Waals surface area contributed by atoms with E-state index >= 15 is 0 Å². The average Bonchev–Trinajstić information content (AvgIpc) is 2.58. The molecule has 0 saturated carbocycles. The van der Waals surface area contributed by atoms with Crippen LogP contribution in [0.5, 0.6) is 0 Å². The Kier molecular flexibility index (Phi) is 10.2. The molecular weight excluding hydrogens is 323 g/mol. The zero-order chi connectivity index (χ0) is 17.8. The summed E-state index contributed by atoms with van der Waals surface area (Å²) in [5.41, 5.74) is 1.95. The largest absolute Gasteiger partial charge is 0.388 e. The average molecular weight is 354 g/mol. The van der Waals surface area contributed by atoms with Crippen molar-refractivity contribution in [2.45, 2.75) is 59.0 Å². The van der Waals surface area contributed by atoms with Gasteiger partial charge in [-0.1, -0.05) is 49.2 Å². The van der Waals surface area contributed by atoms with Gasteiger partial charge in [-0.25, -0.2) is 0 Å². The highest BCUT2D eigenvalue weighted by Gasteiger charge is 2.21. The highest BCUT2D eigenvalue weighted by molar-refractivity contribution is 7.57. The standard InChI is InChI=1S/C19H31O4P/c1-4-7-11-17(16-24(21,22-5-2)23-6-3)14-15-19(20)18-12-9-8-10-13-18/h8-10,12-13,16,19-20H,4-7,11,14-15H2,1-3H3/b17-16+. The summed E-state index contributed by atoms with van der Waals surface area (Å²) in [6.45, 7) is 6.44. The van der Waals surface area contributed by atoms with Gasteiger partial charge in [0.2, 0.25) is 0 Å². The van der Waals surface area contributed by atoms with Gasteiger partial charge in [-0.2, -0.15) is 0 Å². The highest BCUT2D eigenvalue weighted by atomic mass is 31.2. The van der Waals surface area contributed by atoms with Crippen molar-refractivity contribution in [3.05, 3.63) is 47.3 Å². The fourth-order valence-corrected chi connectivity index (χ4v) is 4.17. The van der Waals surface area contributed by atoms with Crippen LogP contribution in [0, 0.1) is 0 Å². The van der Waals surface area contributed by atoms with Gasteiger partial charge in [0.1, 0.15) is 0 Å². The van der Waals surface area contributed by atoms with E-state index in [2.05, 4.69) is 6.92 Å². The van der Waals surface area contributed by atoms with Crippen molar-refractivity contribution < 1.29 is 18.7 Å². The zero-order valence-electron chi connectivity index (χ0n) is 15.1. The number of hydrogen-bond acceptors (Lipinski definition) is 4. The summed E-state index contributed by atoms with van der Waals surface area (Å²) in [6, 6.07) is 9.62. The van der Waals surface area contributed by atoms with Gasteiger partial charge >= 0.3 is 7.60 Å². The number of benzene rings is 1. The van der Waals surface area contributed by atoms with E-state index in [1.165, 1.54) is 0 Å². The van der Waals surface area contributed by atoms with E-state index in [0.29, 0.717) is 26.1 Å². The molecule has 0 heterocycles. The quantitative estimate of drug-likeness (QED) is 0.479. The lowest BCUT2D eigenvalue weighted by Gasteiger charge is -2.17. The topological polar surface area (TPSA) is 55.8 Å². The van der Waals surface area contributed by atoms with Crippen LogP contribution in [-0.4, -0.2) is 18.3 Å². The predicted molar refractivity (Wildman–Crippen MR) is 99.1 cm³/mol. The lowest BCUT2D eigenvalue weighted by Crippen LogP contribution is -2.00. The summed E-state index contributed by atoms with van der Waals surface area (Å²) < 4.78 is 23.5. The molecule has 0 spiro atoms. The number of aliphatic hydroxyl groups is 1. The first-order valence-corrected chi connectivity index (χ1v) is 10.5. The van der Waals surface area contributed by atoms with Crippen LogP contribution in [0.25, 0.3) is 0 Å². The van der Waals surface area contributed by atoms with Crippen molar-refractivity contribution in [3.8, 4) is 0 Å². The Hall–Kier alpha value is -0.930. The van der Waals surface area contributed by atoms with E-state index in [4.69, 9.17) is 9.05 Å². The second-order valence-corrected chi connectivity index (χ2v) is 7.59. The Bertz CT molecular complexity index is 517. The number of unbranched alkanes of at least 4 members (excludes halogenated alkanes) is 1. The first kappa shape index (κ1) is 21.1. The maximum absolute atomic E-state index is 12.7. The summed E-state index contributed by atoms with van der Waals surface area (Å²) in [5.74, 6) is 1.67. The van der Waals surface area contributed by atoms with Crippen LogP contribution in [0.15, 0.2) is 41.7 Å². The lowest BCUT2D eigenvalue weighted by molar-refractivity contribution is 0.167. The van der Waals surface area contributed by atoms with Crippen LogP contribution in [-0.2, 0) is 13.6 Å². The van der Waals surface area contributed by atoms with Gasteiger partial charge in [-0.3, -0.25) is 4.57 Å². The summed E-state index contributed by atoms with van der Waals surface area (Å²) in [6.07, 6.45) is 3.69. The first-order chi connectivity index (χ1) is 11.5. The van der Waals surface area contributed by atoms with Crippen LogP contribution >= 0.6 is 7.60 Å². The van der Waals surface area contributed by atoms with E-state index in [1.807, 2.05) is 44.2 Å². The van der Waals surface area contributed by atoms with Gasteiger partial charge < -0.3 is 14.2 Å². The highest BCUT2D eigenvalue weighted by Crippen LogP contribution is 2.51. The molecule has 24 heavy (non-hydrogen) atoms. The molecule has 1 atom stereocenters. The number of aliphatic hydroxyl groups excluding tert-OH is 1. The van der Waals surface area contributed by atoms with Crippen LogP contribution in [0.4, 0.5) is 0 Å². The molecule has 0 radical (unpaired) electrons. The molecule has 0 saturated heterocycles. The third-order valence-corrected chi connectivity index (χ3v) is 5.65. The van der Waals surface area contributed by atoms with Crippen LogP contribution in [0.1, 0.15) is 64.5 Å². The molecular formula is C19H31O4P. The van der Waals surface area contributed by atoms with Crippen LogP contribution in [0.2, 0.25) is 0 Å². The smallest absolute Gasteiger partial charge is 0.354 e.